The molecule has 0 radical (unpaired) electrons. The topological polar surface area (TPSA) is 102 Å². The molecule has 0 aromatic heterocycles. The van der Waals surface area contributed by atoms with Gasteiger partial charge in [-0.05, 0) is 12.8 Å². The molecule has 2 rings (SSSR count). The number of imide groups is 1. The summed E-state index contributed by atoms with van der Waals surface area (Å²) in [5.41, 5.74) is -0.830. The van der Waals surface area contributed by atoms with Gasteiger partial charge in [0, 0.05) is 6.54 Å². The van der Waals surface area contributed by atoms with E-state index in [1.54, 1.807) is 0 Å². The quantitative estimate of drug-likeness (QED) is 0.546. The van der Waals surface area contributed by atoms with E-state index >= 15 is 0 Å². The van der Waals surface area contributed by atoms with Crippen molar-refractivity contribution in [3.05, 3.63) is 0 Å². The van der Waals surface area contributed by atoms with Gasteiger partial charge >= 0.3 is 6.03 Å². The van der Waals surface area contributed by atoms with E-state index < -0.39 is 11.6 Å². The number of nitrogens with one attached hydrogen (secondary N) is 2. The summed E-state index contributed by atoms with van der Waals surface area (Å²) in [6, 6.07) is 1.42. The molecule has 2 fully saturated rings. The number of hydrogen-bond acceptors (Lipinski definition) is 4. The maximum atomic E-state index is 11.9. The lowest BCUT2D eigenvalue weighted by Crippen LogP contribution is -2.51. The Morgan fingerprint density at radius 3 is 2.74 bits per heavy atom. The summed E-state index contributed by atoms with van der Waals surface area (Å²) in [7, 11) is 0. The van der Waals surface area contributed by atoms with E-state index in [4.69, 9.17) is 5.26 Å². The van der Waals surface area contributed by atoms with Crippen molar-refractivity contribution in [3.63, 3.8) is 0 Å². The third-order valence-electron chi connectivity index (χ3n) is 3.70. The first-order chi connectivity index (χ1) is 9.10. The summed E-state index contributed by atoms with van der Waals surface area (Å²) in [5, 5.41) is 13.2. The number of carbonyl (C=O) groups is 3. The van der Waals surface area contributed by atoms with Crippen LogP contribution in [0.25, 0.3) is 0 Å². The van der Waals surface area contributed by atoms with Crippen LogP contribution in [-0.2, 0) is 9.59 Å². The van der Waals surface area contributed by atoms with Gasteiger partial charge in [-0.1, -0.05) is 12.8 Å². The maximum Gasteiger partial charge on any atom is 0.325 e. The van der Waals surface area contributed by atoms with Crippen LogP contribution >= 0.6 is 0 Å². The van der Waals surface area contributed by atoms with E-state index in [-0.39, 0.29) is 31.3 Å². The Hall–Kier alpha value is -2.10. The number of nitriles is 1. The predicted octanol–water partition coefficient (Wildman–Crippen LogP) is -0.119. The van der Waals surface area contributed by atoms with E-state index in [1.165, 1.54) is 4.90 Å². The molecule has 1 heterocycles. The SMILES string of the molecule is N#CCCNC(=O)CN1C(=O)NC(=O)C12CCCC2. The molecule has 0 aromatic rings. The Labute approximate surface area is 110 Å². The fraction of sp³-hybridized carbons (Fsp3) is 0.667. The van der Waals surface area contributed by atoms with Gasteiger partial charge in [0.2, 0.25) is 5.91 Å². The molecule has 1 saturated carbocycles. The van der Waals surface area contributed by atoms with Crippen molar-refractivity contribution < 1.29 is 14.4 Å². The Bertz CT molecular complexity index is 448. The molecule has 1 aliphatic carbocycles. The van der Waals surface area contributed by atoms with Crippen LogP contribution in [0.5, 0.6) is 0 Å². The van der Waals surface area contributed by atoms with Gasteiger partial charge in [-0.25, -0.2) is 4.79 Å². The Balaban J connectivity index is 2.01. The third-order valence-corrected chi connectivity index (χ3v) is 3.70. The highest BCUT2D eigenvalue weighted by Gasteiger charge is 2.54. The van der Waals surface area contributed by atoms with Crippen LogP contribution in [0.4, 0.5) is 4.79 Å². The van der Waals surface area contributed by atoms with Crippen LogP contribution in [0.3, 0.4) is 0 Å². The zero-order chi connectivity index (χ0) is 13.9. The van der Waals surface area contributed by atoms with Crippen LogP contribution in [0.2, 0.25) is 0 Å². The normalized spacial score (nSPS) is 20.5. The molecular weight excluding hydrogens is 248 g/mol. The predicted molar refractivity (Wildman–Crippen MR) is 64.7 cm³/mol. The highest BCUT2D eigenvalue weighted by atomic mass is 16.2. The van der Waals surface area contributed by atoms with Crippen LogP contribution in [-0.4, -0.2) is 41.4 Å². The number of amides is 4. The first kappa shape index (κ1) is 13.3. The Morgan fingerprint density at radius 1 is 1.42 bits per heavy atom. The Morgan fingerprint density at radius 2 is 2.11 bits per heavy atom. The van der Waals surface area contributed by atoms with Crippen LogP contribution < -0.4 is 10.6 Å². The molecule has 0 atom stereocenters. The van der Waals surface area contributed by atoms with Gasteiger partial charge in [-0.3, -0.25) is 14.9 Å². The van der Waals surface area contributed by atoms with Gasteiger partial charge in [0.25, 0.3) is 5.91 Å². The first-order valence-electron chi connectivity index (χ1n) is 6.37. The minimum Gasteiger partial charge on any atom is -0.354 e. The standard InChI is InChI=1S/C12H16N4O3/c13-6-3-7-14-9(17)8-16-11(19)15-10(18)12(16)4-1-2-5-12/h1-5,7-8H2,(H,14,17)(H,15,18,19). The molecule has 1 saturated heterocycles. The number of urea groups is 1. The smallest absolute Gasteiger partial charge is 0.325 e. The molecular formula is C12H16N4O3. The number of nitrogens with zero attached hydrogens (tertiary/aromatic N) is 2. The lowest BCUT2D eigenvalue weighted by Gasteiger charge is -2.30. The van der Waals surface area contributed by atoms with Crippen molar-refractivity contribution in [1.82, 2.24) is 15.5 Å². The highest BCUT2D eigenvalue weighted by Crippen LogP contribution is 2.38. The van der Waals surface area contributed by atoms with Gasteiger partial charge in [0.05, 0.1) is 12.5 Å². The lowest BCUT2D eigenvalue weighted by molar-refractivity contribution is -0.128. The third kappa shape index (κ3) is 2.38. The molecule has 2 aliphatic rings. The van der Waals surface area contributed by atoms with Gasteiger partial charge in [0.1, 0.15) is 12.1 Å². The fourth-order valence-electron chi connectivity index (χ4n) is 2.74. The fourth-order valence-corrected chi connectivity index (χ4v) is 2.74. The van der Waals surface area contributed by atoms with Crippen LogP contribution in [0.1, 0.15) is 32.1 Å². The molecule has 2 N–H and O–H groups in total. The van der Waals surface area contributed by atoms with Crippen molar-refractivity contribution >= 4 is 17.8 Å². The molecule has 0 bridgehead atoms. The number of carbonyl (C=O) groups excluding carboxylic acids is 3. The van der Waals surface area contributed by atoms with Crippen LogP contribution in [0, 0.1) is 11.3 Å². The van der Waals surface area contributed by atoms with E-state index in [0.717, 1.165) is 12.8 Å². The van der Waals surface area contributed by atoms with Gasteiger partial charge in [-0.2, -0.15) is 5.26 Å². The van der Waals surface area contributed by atoms with Crippen molar-refractivity contribution in [2.24, 2.45) is 0 Å². The molecule has 1 aliphatic heterocycles. The monoisotopic (exact) mass is 264 g/mol. The lowest BCUT2D eigenvalue weighted by atomic mass is 9.96. The summed E-state index contributed by atoms with van der Waals surface area (Å²) >= 11 is 0. The summed E-state index contributed by atoms with van der Waals surface area (Å²) in [6.45, 7) is 0.120. The van der Waals surface area contributed by atoms with E-state index in [2.05, 4.69) is 10.6 Å². The first-order valence-corrected chi connectivity index (χ1v) is 6.37. The summed E-state index contributed by atoms with van der Waals surface area (Å²) < 4.78 is 0. The van der Waals surface area contributed by atoms with Gasteiger partial charge in [0.15, 0.2) is 0 Å². The van der Waals surface area contributed by atoms with E-state index in [1.807, 2.05) is 6.07 Å². The summed E-state index contributed by atoms with van der Waals surface area (Å²) in [5.74, 6) is -0.633. The van der Waals surface area contributed by atoms with Crippen LogP contribution in [0.15, 0.2) is 0 Å². The maximum absolute atomic E-state index is 11.9. The molecule has 1 spiro atoms. The second-order valence-electron chi connectivity index (χ2n) is 4.84. The van der Waals surface area contributed by atoms with Crippen molar-refractivity contribution in [2.45, 2.75) is 37.6 Å². The molecule has 4 amide bonds. The second-order valence-corrected chi connectivity index (χ2v) is 4.84. The van der Waals surface area contributed by atoms with Crippen molar-refractivity contribution in [3.8, 4) is 6.07 Å². The van der Waals surface area contributed by atoms with Gasteiger partial charge < -0.3 is 10.2 Å². The largest absolute Gasteiger partial charge is 0.354 e. The molecule has 7 heteroatoms. The molecule has 0 aromatic carbocycles. The molecule has 7 nitrogen and oxygen atoms in total. The molecule has 0 unspecified atom stereocenters. The highest BCUT2D eigenvalue weighted by molar-refractivity contribution is 6.08. The summed E-state index contributed by atoms with van der Waals surface area (Å²) in [4.78, 5) is 36.7. The van der Waals surface area contributed by atoms with E-state index in [0.29, 0.717) is 12.8 Å². The number of hydrogen-bond donors (Lipinski definition) is 2. The zero-order valence-corrected chi connectivity index (χ0v) is 10.6. The molecule has 102 valence electrons. The average molecular weight is 264 g/mol. The second kappa shape index (κ2) is 5.26. The molecule has 19 heavy (non-hydrogen) atoms. The van der Waals surface area contributed by atoms with Crippen molar-refractivity contribution in [1.29, 1.82) is 5.26 Å². The van der Waals surface area contributed by atoms with E-state index in [9.17, 15) is 14.4 Å². The minimum atomic E-state index is -0.830. The van der Waals surface area contributed by atoms with Gasteiger partial charge in [-0.15, -0.1) is 0 Å². The Kier molecular flexibility index (Phi) is 3.69. The zero-order valence-electron chi connectivity index (χ0n) is 10.6. The minimum absolute atomic E-state index is 0.136. The number of rotatable bonds is 4. The van der Waals surface area contributed by atoms with Crippen molar-refractivity contribution in [2.75, 3.05) is 13.1 Å². The average Bonchev–Trinajstić information content (AvgIpc) is 2.93. The summed E-state index contributed by atoms with van der Waals surface area (Å²) in [6.07, 6.45) is 3.20.